The molecule has 1 heterocycles. The molecular formula is C12H22N2S. The summed E-state index contributed by atoms with van der Waals surface area (Å²) in [5.74, 6) is 0.688. The Morgan fingerprint density at radius 2 is 2.07 bits per heavy atom. The highest BCUT2D eigenvalue weighted by Gasteiger charge is 2.23. The van der Waals surface area contributed by atoms with Gasteiger partial charge < -0.3 is 5.32 Å². The van der Waals surface area contributed by atoms with Gasteiger partial charge in [-0.25, -0.2) is 4.98 Å². The highest BCUT2D eigenvalue weighted by molar-refractivity contribution is 7.09. The summed E-state index contributed by atoms with van der Waals surface area (Å²) in [6.07, 6.45) is 1.87. The number of nitrogens with one attached hydrogen (secondary N) is 1. The molecule has 1 N–H and O–H groups in total. The first-order valence-electron chi connectivity index (χ1n) is 5.56. The number of nitrogens with zero attached hydrogens (tertiary/aromatic N) is 1. The molecule has 15 heavy (non-hydrogen) atoms. The largest absolute Gasteiger partial charge is 0.308 e. The van der Waals surface area contributed by atoms with Crippen molar-refractivity contribution in [2.45, 2.75) is 40.7 Å². The third-order valence-corrected chi connectivity index (χ3v) is 4.21. The van der Waals surface area contributed by atoms with E-state index >= 15 is 0 Å². The standard InChI is InChI=1S/C12H22N2S/c1-9(2)12(4,5)8-14-10(3)11-13-6-7-15-11/h6-7,9-10,14H,8H2,1-5H3. The Kier molecular flexibility index (Phi) is 4.29. The lowest BCUT2D eigenvalue weighted by molar-refractivity contribution is 0.230. The normalized spacial score (nSPS) is 14.5. The summed E-state index contributed by atoms with van der Waals surface area (Å²) in [6, 6.07) is 0.364. The first kappa shape index (κ1) is 12.7. The Morgan fingerprint density at radius 3 is 2.53 bits per heavy atom. The van der Waals surface area contributed by atoms with Crippen LogP contribution in [0, 0.1) is 11.3 Å². The molecule has 2 nitrogen and oxygen atoms in total. The maximum Gasteiger partial charge on any atom is 0.109 e. The Bertz CT molecular complexity index is 278. The van der Waals surface area contributed by atoms with E-state index < -0.39 is 0 Å². The summed E-state index contributed by atoms with van der Waals surface area (Å²) in [5, 5.41) is 6.76. The van der Waals surface area contributed by atoms with Crippen LogP contribution in [-0.2, 0) is 0 Å². The molecule has 0 aliphatic rings. The van der Waals surface area contributed by atoms with Crippen molar-refractivity contribution in [1.29, 1.82) is 0 Å². The molecule has 1 unspecified atom stereocenters. The number of thiazole rings is 1. The van der Waals surface area contributed by atoms with E-state index in [9.17, 15) is 0 Å². The van der Waals surface area contributed by atoms with Gasteiger partial charge in [0.1, 0.15) is 5.01 Å². The van der Waals surface area contributed by atoms with Crippen LogP contribution in [-0.4, -0.2) is 11.5 Å². The molecule has 0 amide bonds. The number of rotatable bonds is 5. The summed E-state index contributed by atoms with van der Waals surface area (Å²) >= 11 is 1.72. The van der Waals surface area contributed by atoms with Gasteiger partial charge in [-0.2, -0.15) is 0 Å². The van der Waals surface area contributed by atoms with E-state index in [0.717, 1.165) is 6.54 Å². The van der Waals surface area contributed by atoms with Gasteiger partial charge in [0.25, 0.3) is 0 Å². The highest BCUT2D eigenvalue weighted by Crippen LogP contribution is 2.26. The van der Waals surface area contributed by atoms with E-state index in [1.807, 2.05) is 11.6 Å². The molecular weight excluding hydrogens is 204 g/mol. The van der Waals surface area contributed by atoms with Crippen LogP contribution in [0.25, 0.3) is 0 Å². The van der Waals surface area contributed by atoms with Crippen molar-refractivity contribution in [3.05, 3.63) is 16.6 Å². The van der Waals surface area contributed by atoms with Crippen LogP contribution in [0.5, 0.6) is 0 Å². The molecule has 0 aliphatic heterocycles. The van der Waals surface area contributed by atoms with Crippen LogP contribution in [0.1, 0.15) is 45.7 Å². The van der Waals surface area contributed by atoms with Crippen molar-refractivity contribution >= 4 is 11.3 Å². The molecule has 0 saturated heterocycles. The Labute approximate surface area is 97.1 Å². The third kappa shape index (κ3) is 3.58. The van der Waals surface area contributed by atoms with Crippen molar-refractivity contribution in [2.24, 2.45) is 11.3 Å². The summed E-state index contributed by atoms with van der Waals surface area (Å²) < 4.78 is 0. The van der Waals surface area contributed by atoms with Gasteiger partial charge in [-0.15, -0.1) is 11.3 Å². The van der Waals surface area contributed by atoms with Crippen molar-refractivity contribution in [2.75, 3.05) is 6.54 Å². The average molecular weight is 226 g/mol. The lowest BCUT2D eigenvalue weighted by Crippen LogP contribution is -2.34. The lowest BCUT2D eigenvalue weighted by atomic mass is 9.81. The van der Waals surface area contributed by atoms with Crippen molar-refractivity contribution in [3.63, 3.8) is 0 Å². The van der Waals surface area contributed by atoms with E-state index in [-0.39, 0.29) is 0 Å². The van der Waals surface area contributed by atoms with Gasteiger partial charge >= 0.3 is 0 Å². The van der Waals surface area contributed by atoms with Gasteiger partial charge in [0.2, 0.25) is 0 Å². The topological polar surface area (TPSA) is 24.9 Å². The van der Waals surface area contributed by atoms with Crippen molar-refractivity contribution < 1.29 is 0 Å². The summed E-state index contributed by atoms with van der Waals surface area (Å²) in [6.45, 7) is 12.4. The van der Waals surface area contributed by atoms with Crippen molar-refractivity contribution in [3.8, 4) is 0 Å². The van der Waals surface area contributed by atoms with Crippen LogP contribution in [0.3, 0.4) is 0 Å². The molecule has 1 atom stereocenters. The fourth-order valence-electron chi connectivity index (χ4n) is 1.16. The lowest BCUT2D eigenvalue weighted by Gasteiger charge is -2.30. The molecule has 0 aliphatic carbocycles. The van der Waals surface area contributed by atoms with Crippen LogP contribution < -0.4 is 5.32 Å². The van der Waals surface area contributed by atoms with Gasteiger partial charge in [0.05, 0.1) is 6.04 Å². The van der Waals surface area contributed by atoms with Crippen LogP contribution in [0.4, 0.5) is 0 Å². The van der Waals surface area contributed by atoms with Gasteiger partial charge in [0.15, 0.2) is 0 Å². The van der Waals surface area contributed by atoms with Crippen molar-refractivity contribution in [1.82, 2.24) is 10.3 Å². The van der Waals surface area contributed by atoms with Crippen LogP contribution in [0.2, 0.25) is 0 Å². The zero-order chi connectivity index (χ0) is 11.5. The van der Waals surface area contributed by atoms with Gasteiger partial charge in [-0.1, -0.05) is 27.7 Å². The van der Waals surface area contributed by atoms with E-state index in [4.69, 9.17) is 0 Å². The highest BCUT2D eigenvalue weighted by atomic mass is 32.1. The van der Waals surface area contributed by atoms with Gasteiger partial charge in [-0.3, -0.25) is 0 Å². The molecule has 1 aromatic heterocycles. The first-order chi connectivity index (χ1) is 6.93. The molecule has 3 heteroatoms. The SMILES string of the molecule is CC(NCC(C)(C)C(C)C)c1nccs1. The second-order valence-corrected chi connectivity index (χ2v) is 6.04. The monoisotopic (exact) mass is 226 g/mol. The number of aromatic nitrogens is 1. The second kappa shape index (κ2) is 5.08. The number of hydrogen-bond donors (Lipinski definition) is 1. The van der Waals surface area contributed by atoms with E-state index in [0.29, 0.717) is 17.4 Å². The minimum atomic E-state index is 0.339. The predicted octanol–water partition coefficient (Wildman–Crippen LogP) is 3.48. The maximum absolute atomic E-state index is 4.32. The summed E-state index contributed by atoms with van der Waals surface area (Å²) in [4.78, 5) is 4.32. The number of hydrogen-bond acceptors (Lipinski definition) is 3. The minimum Gasteiger partial charge on any atom is -0.308 e. The summed E-state index contributed by atoms with van der Waals surface area (Å²) in [7, 11) is 0. The first-order valence-corrected chi connectivity index (χ1v) is 6.44. The average Bonchev–Trinajstić information content (AvgIpc) is 2.66. The molecule has 0 spiro atoms. The van der Waals surface area contributed by atoms with E-state index in [1.165, 1.54) is 5.01 Å². The van der Waals surface area contributed by atoms with Crippen LogP contribution in [0.15, 0.2) is 11.6 Å². The molecule has 1 rings (SSSR count). The van der Waals surface area contributed by atoms with Gasteiger partial charge in [-0.05, 0) is 18.3 Å². The Hall–Kier alpha value is -0.410. The van der Waals surface area contributed by atoms with Crippen LogP contribution >= 0.6 is 11.3 Å². The minimum absolute atomic E-state index is 0.339. The molecule has 0 aromatic carbocycles. The van der Waals surface area contributed by atoms with E-state index in [2.05, 4.69) is 44.9 Å². The predicted molar refractivity (Wildman–Crippen MR) is 67.2 cm³/mol. The van der Waals surface area contributed by atoms with Gasteiger partial charge in [0, 0.05) is 18.1 Å². The Morgan fingerprint density at radius 1 is 1.40 bits per heavy atom. The zero-order valence-corrected chi connectivity index (χ0v) is 11.2. The quantitative estimate of drug-likeness (QED) is 0.831. The molecule has 0 saturated carbocycles. The molecule has 86 valence electrons. The molecule has 0 fully saturated rings. The smallest absolute Gasteiger partial charge is 0.109 e. The third-order valence-electron chi connectivity index (χ3n) is 3.25. The fraction of sp³-hybridized carbons (Fsp3) is 0.750. The molecule has 0 radical (unpaired) electrons. The second-order valence-electron chi connectivity index (χ2n) is 5.12. The van der Waals surface area contributed by atoms with E-state index in [1.54, 1.807) is 11.3 Å². The molecule has 0 bridgehead atoms. The maximum atomic E-state index is 4.32. The fourth-order valence-corrected chi connectivity index (χ4v) is 1.83. The molecule has 1 aromatic rings. The Balaban J connectivity index is 2.44. The zero-order valence-electron chi connectivity index (χ0n) is 10.4. The summed E-state index contributed by atoms with van der Waals surface area (Å²) in [5.41, 5.74) is 0.339.